The van der Waals surface area contributed by atoms with Gasteiger partial charge in [0.15, 0.2) is 5.78 Å². The highest BCUT2D eigenvalue weighted by Gasteiger charge is 2.52. The molecule has 1 aromatic heterocycles. The first-order valence-corrected chi connectivity index (χ1v) is 14.3. The molecule has 2 heterocycles. The van der Waals surface area contributed by atoms with E-state index >= 15 is 0 Å². The number of amides is 2. The zero-order chi connectivity index (χ0) is 31.4. The maximum atomic E-state index is 14.2. The van der Waals surface area contributed by atoms with Crippen molar-refractivity contribution in [2.24, 2.45) is 4.99 Å². The van der Waals surface area contributed by atoms with E-state index < -0.39 is 35.1 Å². The summed E-state index contributed by atoms with van der Waals surface area (Å²) in [7, 11) is 0. The normalized spacial score (nSPS) is 16.8. The first-order chi connectivity index (χ1) is 21.1. The minimum atomic E-state index is -1.68. The zero-order valence-electron chi connectivity index (χ0n) is 24.0. The van der Waals surface area contributed by atoms with Crippen molar-refractivity contribution in [2.75, 3.05) is 4.90 Å². The molecule has 5 rings (SSSR count). The number of amidine groups is 1. The fourth-order valence-electron chi connectivity index (χ4n) is 5.21. The second kappa shape index (κ2) is 12.6. The van der Waals surface area contributed by atoms with E-state index in [1.54, 1.807) is 73.9 Å². The average molecular weight is 609 g/mol. The number of Topliss-reactive ketones (excluding diaryl/α,β-unsaturated/α-hetero) is 1. The Morgan fingerprint density at radius 2 is 1.68 bits per heavy atom. The predicted octanol–water partition coefficient (Wildman–Crippen LogP) is 4.83. The topological polar surface area (TPSA) is 129 Å². The number of hydrogen-bond acceptors (Lipinski definition) is 6. The van der Waals surface area contributed by atoms with Gasteiger partial charge in [-0.25, -0.2) is 9.79 Å². The lowest BCUT2D eigenvalue weighted by Gasteiger charge is -2.24. The van der Waals surface area contributed by atoms with Gasteiger partial charge in [-0.05, 0) is 54.8 Å². The Hall–Kier alpha value is -5.15. The van der Waals surface area contributed by atoms with Crippen LogP contribution in [0.1, 0.15) is 39.5 Å². The van der Waals surface area contributed by atoms with Crippen LogP contribution in [-0.4, -0.2) is 51.1 Å². The molecule has 0 spiro atoms. The van der Waals surface area contributed by atoms with E-state index in [0.717, 1.165) is 0 Å². The molecule has 2 atom stereocenters. The van der Waals surface area contributed by atoms with Gasteiger partial charge in [0.1, 0.15) is 11.9 Å². The van der Waals surface area contributed by atoms with Gasteiger partial charge in [-0.15, -0.1) is 0 Å². The van der Waals surface area contributed by atoms with Crippen LogP contribution in [0.3, 0.4) is 0 Å². The molecule has 2 N–H and O–H groups in total. The molecule has 1 aliphatic rings. The fraction of sp³-hybridized carbons (Fsp3) is 0.176. The van der Waals surface area contributed by atoms with E-state index in [1.807, 2.05) is 30.3 Å². The zero-order valence-corrected chi connectivity index (χ0v) is 24.8. The van der Waals surface area contributed by atoms with Gasteiger partial charge in [-0.2, -0.15) is 0 Å². The van der Waals surface area contributed by atoms with Crippen LogP contribution < -0.4 is 10.2 Å². The lowest BCUT2D eigenvalue weighted by molar-refractivity contribution is -0.139. The number of anilines is 1. The van der Waals surface area contributed by atoms with E-state index in [1.165, 1.54) is 11.8 Å². The summed E-state index contributed by atoms with van der Waals surface area (Å²) in [6.45, 7) is 3.08. The third-order valence-corrected chi connectivity index (χ3v) is 7.86. The number of ketones is 1. The van der Waals surface area contributed by atoms with Crippen LogP contribution in [0.2, 0.25) is 5.02 Å². The molecule has 44 heavy (non-hydrogen) atoms. The van der Waals surface area contributed by atoms with E-state index in [2.05, 4.69) is 10.3 Å². The highest BCUT2D eigenvalue weighted by atomic mass is 35.5. The summed E-state index contributed by atoms with van der Waals surface area (Å²) in [5.41, 5.74) is 1.58. The number of nitrogens with zero attached hydrogens (tertiary/aromatic N) is 3. The molecule has 3 aromatic carbocycles. The van der Waals surface area contributed by atoms with Crippen molar-refractivity contribution in [3.63, 3.8) is 0 Å². The van der Waals surface area contributed by atoms with Gasteiger partial charge in [-0.3, -0.25) is 24.3 Å². The summed E-state index contributed by atoms with van der Waals surface area (Å²) >= 11 is 6.21. The molecule has 0 bridgehead atoms. The second-order valence-corrected chi connectivity index (χ2v) is 11.0. The number of carboxylic acids is 1. The predicted molar refractivity (Wildman–Crippen MR) is 167 cm³/mol. The summed E-state index contributed by atoms with van der Waals surface area (Å²) < 4.78 is 0. The van der Waals surface area contributed by atoms with E-state index in [9.17, 15) is 24.3 Å². The van der Waals surface area contributed by atoms with E-state index in [0.29, 0.717) is 33.8 Å². The van der Waals surface area contributed by atoms with Crippen molar-refractivity contribution in [2.45, 2.75) is 38.3 Å². The first kappa shape index (κ1) is 30.3. The molecular weight excluding hydrogens is 580 g/mol. The van der Waals surface area contributed by atoms with Gasteiger partial charge >= 0.3 is 5.97 Å². The maximum absolute atomic E-state index is 14.2. The standard InChI is InChI=1S/C34H29ClN4O5/c1-21-8-6-12-27(35)29(21)31(41)37-28(32(42)43)18-23-13-15-26(16-14-23)39-30(25-10-4-3-5-11-25)38-34(22(2)40,33(39)44)19-24-9-7-17-36-20-24/h3-17,20,28H,18-19H2,1-2H3,(H,37,41)(H,42,43)/t28-,34-/m1/s1. The Labute approximate surface area is 259 Å². The summed E-state index contributed by atoms with van der Waals surface area (Å²) in [4.78, 5) is 62.6. The number of carbonyl (C=O) groups excluding carboxylic acids is 3. The van der Waals surface area contributed by atoms with Gasteiger partial charge in [0.2, 0.25) is 5.54 Å². The second-order valence-electron chi connectivity index (χ2n) is 10.6. The smallest absolute Gasteiger partial charge is 0.326 e. The van der Waals surface area contributed by atoms with Gasteiger partial charge in [-0.1, -0.05) is 72.3 Å². The number of carbonyl (C=O) groups is 4. The minimum absolute atomic E-state index is 0.0170. The molecular formula is C34H29ClN4O5. The summed E-state index contributed by atoms with van der Waals surface area (Å²) in [5, 5.41) is 12.7. The Kier molecular flexibility index (Phi) is 8.69. The molecule has 10 heteroatoms. The highest BCUT2D eigenvalue weighted by Crippen LogP contribution is 2.34. The van der Waals surface area contributed by atoms with Crippen molar-refractivity contribution < 1.29 is 24.3 Å². The lowest BCUT2D eigenvalue weighted by atomic mass is 9.87. The number of benzene rings is 3. The van der Waals surface area contributed by atoms with Crippen LogP contribution >= 0.6 is 11.6 Å². The fourth-order valence-corrected chi connectivity index (χ4v) is 5.52. The summed E-state index contributed by atoms with van der Waals surface area (Å²) in [6, 6.07) is 23.1. The van der Waals surface area contributed by atoms with Crippen molar-refractivity contribution in [1.82, 2.24) is 10.3 Å². The van der Waals surface area contributed by atoms with Gasteiger partial charge in [0, 0.05) is 30.8 Å². The Bertz CT molecular complexity index is 1740. The Balaban J connectivity index is 1.44. The third-order valence-electron chi connectivity index (χ3n) is 7.55. The number of hydrogen-bond donors (Lipinski definition) is 2. The molecule has 4 aromatic rings. The van der Waals surface area contributed by atoms with Crippen LogP contribution in [0.15, 0.2) is 102 Å². The van der Waals surface area contributed by atoms with Crippen LogP contribution in [0.5, 0.6) is 0 Å². The molecule has 0 radical (unpaired) electrons. The van der Waals surface area contributed by atoms with Crippen molar-refractivity contribution in [3.05, 3.63) is 130 Å². The molecule has 0 unspecified atom stereocenters. The summed E-state index contributed by atoms with van der Waals surface area (Å²) in [6.07, 6.45) is 3.25. The largest absolute Gasteiger partial charge is 0.480 e. The van der Waals surface area contributed by atoms with Gasteiger partial charge in [0.25, 0.3) is 11.8 Å². The minimum Gasteiger partial charge on any atom is -0.480 e. The van der Waals surface area contributed by atoms with Crippen LogP contribution in [0.4, 0.5) is 5.69 Å². The number of aryl methyl sites for hydroxylation is 1. The lowest BCUT2D eigenvalue weighted by Crippen LogP contribution is -2.49. The van der Waals surface area contributed by atoms with Crippen LogP contribution in [-0.2, 0) is 27.2 Å². The van der Waals surface area contributed by atoms with Crippen LogP contribution in [0, 0.1) is 6.92 Å². The molecule has 222 valence electrons. The van der Waals surface area contributed by atoms with Gasteiger partial charge in [0.05, 0.1) is 16.3 Å². The molecule has 0 aliphatic carbocycles. The molecule has 9 nitrogen and oxygen atoms in total. The number of aromatic nitrogens is 1. The van der Waals surface area contributed by atoms with E-state index in [-0.39, 0.29) is 23.4 Å². The Morgan fingerprint density at radius 1 is 0.955 bits per heavy atom. The molecule has 0 saturated carbocycles. The monoisotopic (exact) mass is 608 g/mol. The van der Waals surface area contributed by atoms with Crippen molar-refractivity contribution in [1.29, 1.82) is 0 Å². The molecule has 0 saturated heterocycles. The highest BCUT2D eigenvalue weighted by molar-refractivity contribution is 6.35. The Morgan fingerprint density at radius 3 is 2.30 bits per heavy atom. The average Bonchev–Trinajstić information content (AvgIpc) is 3.30. The van der Waals surface area contributed by atoms with Gasteiger partial charge < -0.3 is 10.4 Å². The molecule has 2 amide bonds. The molecule has 0 fully saturated rings. The number of halogens is 1. The number of aliphatic imine (C=N–C) groups is 1. The number of pyridine rings is 1. The molecule has 1 aliphatic heterocycles. The van der Waals surface area contributed by atoms with Crippen LogP contribution in [0.25, 0.3) is 0 Å². The third kappa shape index (κ3) is 6.00. The van der Waals surface area contributed by atoms with Crippen molar-refractivity contribution >= 4 is 46.7 Å². The first-order valence-electron chi connectivity index (χ1n) is 13.9. The van der Waals surface area contributed by atoms with Crippen molar-refractivity contribution in [3.8, 4) is 0 Å². The number of carboxylic acid groups (broad SMARTS) is 1. The number of rotatable bonds is 10. The number of aliphatic carboxylic acids is 1. The number of nitrogens with one attached hydrogen (secondary N) is 1. The SMILES string of the molecule is CC(=O)[C@@]1(Cc2cccnc2)N=C(c2ccccc2)N(c2ccc(C[C@@H](NC(=O)c3c(C)cccc3Cl)C(=O)O)cc2)C1=O. The summed E-state index contributed by atoms with van der Waals surface area (Å²) in [5.74, 6) is -2.35. The van der Waals surface area contributed by atoms with E-state index in [4.69, 9.17) is 16.6 Å². The quantitative estimate of drug-likeness (QED) is 0.248. The maximum Gasteiger partial charge on any atom is 0.326 e.